The Balaban J connectivity index is 1.50. The average molecular weight is 375 g/mol. The summed E-state index contributed by atoms with van der Waals surface area (Å²) in [7, 11) is 0. The van der Waals surface area contributed by atoms with Gasteiger partial charge in [-0.3, -0.25) is 9.59 Å². The molecule has 2 amide bonds. The van der Waals surface area contributed by atoms with Crippen molar-refractivity contribution >= 4 is 29.2 Å². The monoisotopic (exact) mass is 374 g/mol. The minimum absolute atomic E-state index is 0.0121. The summed E-state index contributed by atoms with van der Waals surface area (Å²) < 4.78 is 7.02. The molecule has 1 N–H and O–H groups in total. The maximum atomic E-state index is 12.5. The van der Waals surface area contributed by atoms with Crippen LogP contribution in [0.2, 0.25) is 5.02 Å². The molecule has 1 fully saturated rings. The summed E-state index contributed by atoms with van der Waals surface area (Å²) in [6.07, 6.45) is 1.91. The van der Waals surface area contributed by atoms with Gasteiger partial charge in [0, 0.05) is 30.1 Å². The standard InChI is InChI=1S/C18H19ClN4O3/c19-14-3-1-12(2-4-14)15-10-20-23-11-13(18(25)21-17(15)23)9-16(24)22-5-7-26-8-6-22/h1-4,10,13H,5-9,11H2,(H,21,25). The van der Waals surface area contributed by atoms with Gasteiger partial charge in [-0.05, 0) is 17.7 Å². The number of nitrogens with zero attached hydrogens (tertiary/aromatic N) is 3. The Morgan fingerprint density at radius 3 is 2.73 bits per heavy atom. The lowest BCUT2D eigenvalue weighted by atomic mass is 10.0. The van der Waals surface area contributed by atoms with Gasteiger partial charge in [-0.15, -0.1) is 0 Å². The highest BCUT2D eigenvalue weighted by Gasteiger charge is 2.32. The Morgan fingerprint density at radius 1 is 1.27 bits per heavy atom. The van der Waals surface area contributed by atoms with Gasteiger partial charge in [-0.1, -0.05) is 23.7 Å². The van der Waals surface area contributed by atoms with E-state index in [1.165, 1.54) is 0 Å². The van der Waals surface area contributed by atoms with E-state index < -0.39 is 5.92 Å². The Labute approximate surface area is 155 Å². The fourth-order valence-electron chi connectivity index (χ4n) is 3.32. The van der Waals surface area contributed by atoms with Crippen LogP contribution in [0, 0.1) is 5.92 Å². The minimum atomic E-state index is -0.421. The van der Waals surface area contributed by atoms with Crippen LogP contribution in [-0.2, 0) is 20.9 Å². The number of carbonyl (C=O) groups is 2. The highest BCUT2D eigenvalue weighted by Crippen LogP contribution is 2.32. The Bertz CT molecular complexity index is 827. The van der Waals surface area contributed by atoms with Crippen LogP contribution in [0.5, 0.6) is 0 Å². The van der Waals surface area contributed by atoms with Gasteiger partial charge < -0.3 is 15.0 Å². The number of halogens is 1. The number of anilines is 1. The molecule has 7 nitrogen and oxygen atoms in total. The molecule has 136 valence electrons. The van der Waals surface area contributed by atoms with Crippen LogP contribution < -0.4 is 5.32 Å². The third-order valence-corrected chi connectivity index (χ3v) is 5.04. The molecule has 0 saturated carbocycles. The average Bonchev–Trinajstić information content (AvgIpc) is 3.06. The van der Waals surface area contributed by atoms with Crippen molar-refractivity contribution in [1.82, 2.24) is 14.7 Å². The lowest BCUT2D eigenvalue weighted by Gasteiger charge is -2.29. The van der Waals surface area contributed by atoms with E-state index in [1.807, 2.05) is 12.1 Å². The van der Waals surface area contributed by atoms with Gasteiger partial charge in [0.25, 0.3) is 0 Å². The lowest BCUT2D eigenvalue weighted by molar-refractivity contribution is -0.138. The van der Waals surface area contributed by atoms with Gasteiger partial charge in [0.05, 0.1) is 31.9 Å². The maximum Gasteiger partial charge on any atom is 0.231 e. The number of hydrogen-bond acceptors (Lipinski definition) is 4. The van der Waals surface area contributed by atoms with E-state index in [2.05, 4.69) is 10.4 Å². The van der Waals surface area contributed by atoms with Gasteiger partial charge in [0.15, 0.2) is 0 Å². The number of morpholine rings is 1. The molecule has 1 aromatic carbocycles. The second-order valence-electron chi connectivity index (χ2n) is 6.48. The molecule has 1 atom stereocenters. The number of ether oxygens (including phenoxy) is 1. The number of benzene rings is 1. The molecule has 4 rings (SSSR count). The largest absolute Gasteiger partial charge is 0.378 e. The third-order valence-electron chi connectivity index (χ3n) is 4.79. The van der Waals surface area contributed by atoms with Crippen molar-refractivity contribution in [3.05, 3.63) is 35.5 Å². The molecule has 2 aromatic rings. The van der Waals surface area contributed by atoms with Crippen LogP contribution in [0.15, 0.2) is 30.5 Å². The van der Waals surface area contributed by atoms with E-state index in [0.29, 0.717) is 43.7 Å². The highest BCUT2D eigenvalue weighted by molar-refractivity contribution is 6.30. The third kappa shape index (κ3) is 3.32. The van der Waals surface area contributed by atoms with Gasteiger partial charge >= 0.3 is 0 Å². The summed E-state index contributed by atoms with van der Waals surface area (Å²) in [5.74, 6) is 0.0833. The van der Waals surface area contributed by atoms with E-state index in [4.69, 9.17) is 16.3 Å². The first kappa shape index (κ1) is 17.1. The Hall–Kier alpha value is -2.38. The fraction of sp³-hybridized carbons (Fsp3) is 0.389. The quantitative estimate of drug-likeness (QED) is 0.891. The van der Waals surface area contributed by atoms with Crippen molar-refractivity contribution in [2.45, 2.75) is 13.0 Å². The van der Waals surface area contributed by atoms with Crippen LogP contribution in [-0.4, -0.2) is 52.8 Å². The maximum absolute atomic E-state index is 12.5. The van der Waals surface area contributed by atoms with Crippen LogP contribution in [0.3, 0.4) is 0 Å². The lowest BCUT2D eigenvalue weighted by Crippen LogP contribution is -2.43. The molecule has 0 radical (unpaired) electrons. The number of fused-ring (bicyclic) bond motifs is 1. The van der Waals surface area contributed by atoms with Crippen LogP contribution in [0.4, 0.5) is 5.82 Å². The molecule has 8 heteroatoms. The predicted molar refractivity (Wildman–Crippen MR) is 96.8 cm³/mol. The fourth-order valence-corrected chi connectivity index (χ4v) is 3.44. The second-order valence-corrected chi connectivity index (χ2v) is 6.92. The molecule has 2 aliphatic rings. The predicted octanol–water partition coefficient (Wildman–Crippen LogP) is 2.02. The van der Waals surface area contributed by atoms with E-state index in [-0.39, 0.29) is 18.2 Å². The first-order valence-corrected chi connectivity index (χ1v) is 8.98. The minimum Gasteiger partial charge on any atom is -0.378 e. The SMILES string of the molecule is O=C1Nc2c(-c3ccc(Cl)cc3)cnn2CC1CC(=O)N1CCOCC1. The zero-order valence-corrected chi connectivity index (χ0v) is 14.9. The molecule has 1 saturated heterocycles. The topological polar surface area (TPSA) is 76.5 Å². The molecule has 26 heavy (non-hydrogen) atoms. The van der Waals surface area contributed by atoms with E-state index >= 15 is 0 Å². The first-order valence-electron chi connectivity index (χ1n) is 8.60. The summed E-state index contributed by atoms with van der Waals surface area (Å²) in [5.41, 5.74) is 1.77. The molecule has 1 aromatic heterocycles. The molecule has 0 spiro atoms. The second kappa shape index (κ2) is 7.09. The summed E-state index contributed by atoms with van der Waals surface area (Å²) in [5, 5.41) is 7.95. The number of amides is 2. The van der Waals surface area contributed by atoms with Crippen LogP contribution in [0.25, 0.3) is 11.1 Å². The normalized spacial score (nSPS) is 19.8. The van der Waals surface area contributed by atoms with Crippen molar-refractivity contribution in [2.75, 3.05) is 31.6 Å². The number of hydrogen-bond donors (Lipinski definition) is 1. The van der Waals surface area contributed by atoms with Crippen molar-refractivity contribution in [3.63, 3.8) is 0 Å². The zero-order valence-electron chi connectivity index (χ0n) is 14.2. The molecule has 0 bridgehead atoms. The highest BCUT2D eigenvalue weighted by atomic mass is 35.5. The smallest absolute Gasteiger partial charge is 0.231 e. The van der Waals surface area contributed by atoms with Gasteiger partial charge in [0.2, 0.25) is 11.8 Å². The summed E-state index contributed by atoms with van der Waals surface area (Å²) >= 11 is 5.94. The van der Waals surface area contributed by atoms with Crippen LogP contribution >= 0.6 is 11.6 Å². The van der Waals surface area contributed by atoms with Crippen molar-refractivity contribution < 1.29 is 14.3 Å². The summed E-state index contributed by atoms with van der Waals surface area (Å²) in [4.78, 5) is 26.7. The molecular formula is C18H19ClN4O3. The number of carbonyl (C=O) groups excluding carboxylic acids is 2. The molecule has 1 unspecified atom stereocenters. The molecular weight excluding hydrogens is 356 g/mol. The zero-order chi connectivity index (χ0) is 18.1. The van der Waals surface area contributed by atoms with E-state index in [0.717, 1.165) is 11.1 Å². The van der Waals surface area contributed by atoms with E-state index in [1.54, 1.807) is 27.9 Å². The van der Waals surface area contributed by atoms with Crippen molar-refractivity contribution in [1.29, 1.82) is 0 Å². The van der Waals surface area contributed by atoms with Gasteiger partial charge in [0.1, 0.15) is 5.82 Å². The van der Waals surface area contributed by atoms with Gasteiger partial charge in [-0.2, -0.15) is 5.10 Å². The number of rotatable bonds is 3. The van der Waals surface area contributed by atoms with E-state index in [9.17, 15) is 9.59 Å². The molecule has 2 aliphatic heterocycles. The Kier molecular flexibility index (Phi) is 4.65. The molecule has 0 aliphatic carbocycles. The van der Waals surface area contributed by atoms with Crippen molar-refractivity contribution in [3.8, 4) is 11.1 Å². The summed E-state index contributed by atoms with van der Waals surface area (Å²) in [6.45, 7) is 2.67. The number of nitrogens with one attached hydrogen (secondary N) is 1. The Morgan fingerprint density at radius 2 is 2.00 bits per heavy atom. The van der Waals surface area contributed by atoms with Crippen molar-refractivity contribution in [2.24, 2.45) is 5.92 Å². The van der Waals surface area contributed by atoms with Crippen LogP contribution in [0.1, 0.15) is 6.42 Å². The van der Waals surface area contributed by atoms with Gasteiger partial charge in [-0.25, -0.2) is 4.68 Å². The first-order chi connectivity index (χ1) is 12.6. The number of aromatic nitrogens is 2. The molecule has 3 heterocycles. The summed E-state index contributed by atoms with van der Waals surface area (Å²) in [6, 6.07) is 7.38.